The second-order valence-corrected chi connectivity index (χ2v) is 4.84. The first kappa shape index (κ1) is 15.0. The largest absolute Gasteiger partial charge is 0.435 e. The zero-order valence-corrected chi connectivity index (χ0v) is 11.9. The fourth-order valence-electron chi connectivity index (χ4n) is 2.22. The molecule has 0 atom stereocenters. The molecule has 2 N–H and O–H groups in total. The van der Waals surface area contributed by atoms with Gasteiger partial charge in [-0.15, -0.1) is 0 Å². The van der Waals surface area contributed by atoms with Crippen LogP contribution in [0.4, 0.5) is 8.78 Å². The van der Waals surface area contributed by atoms with Crippen molar-refractivity contribution in [2.75, 3.05) is 0 Å². The summed E-state index contributed by atoms with van der Waals surface area (Å²) in [5.41, 5.74) is 1.94. The van der Waals surface area contributed by atoms with Crippen molar-refractivity contribution in [3.8, 4) is 5.75 Å². The van der Waals surface area contributed by atoms with Crippen LogP contribution in [0, 0.1) is 0 Å². The number of alkyl halides is 2. The number of carbonyl (C=O) groups excluding carboxylic acids is 1. The third kappa shape index (κ3) is 3.45. The predicted molar refractivity (Wildman–Crippen MR) is 80.3 cm³/mol. The van der Waals surface area contributed by atoms with Gasteiger partial charge in [-0.3, -0.25) is 9.89 Å². The number of amides is 1. The average molecular weight is 317 g/mol. The minimum atomic E-state index is -2.85. The van der Waals surface area contributed by atoms with Gasteiger partial charge in [0.05, 0.1) is 17.3 Å². The van der Waals surface area contributed by atoms with Gasteiger partial charge in [-0.2, -0.15) is 13.9 Å². The molecular weight excluding hydrogens is 304 g/mol. The molecule has 0 fully saturated rings. The van der Waals surface area contributed by atoms with Crippen LogP contribution in [0.1, 0.15) is 15.9 Å². The molecule has 5 nitrogen and oxygen atoms in total. The molecule has 3 rings (SSSR count). The first-order valence-electron chi connectivity index (χ1n) is 6.87. The number of nitrogens with zero attached hydrogens (tertiary/aromatic N) is 1. The van der Waals surface area contributed by atoms with E-state index in [9.17, 15) is 13.6 Å². The Labute approximate surface area is 130 Å². The molecule has 0 saturated heterocycles. The lowest BCUT2D eigenvalue weighted by Crippen LogP contribution is -2.23. The van der Waals surface area contributed by atoms with Crippen LogP contribution in [0.25, 0.3) is 10.9 Å². The Bertz CT molecular complexity index is 816. The molecule has 3 aromatic rings. The van der Waals surface area contributed by atoms with E-state index in [4.69, 9.17) is 0 Å². The zero-order chi connectivity index (χ0) is 16.2. The molecule has 7 heteroatoms. The van der Waals surface area contributed by atoms with E-state index in [0.717, 1.165) is 10.9 Å². The summed E-state index contributed by atoms with van der Waals surface area (Å²) < 4.78 is 28.4. The number of halogens is 2. The van der Waals surface area contributed by atoms with Crippen LogP contribution in [0.15, 0.2) is 48.7 Å². The van der Waals surface area contributed by atoms with Crippen molar-refractivity contribution in [1.29, 1.82) is 0 Å². The Hall–Kier alpha value is -2.96. The molecule has 0 radical (unpaired) electrons. The molecule has 0 bridgehead atoms. The van der Waals surface area contributed by atoms with E-state index in [0.29, 0.717) is 11.1 Å². The van der Waals surface area contributed by atoms with Crippen LogP contribution >= 0.6 is 0 Å². The van der Waals surface area contributed by atoms with Gasteiger partial charge in [0.25, 0.3) is 5.91 Å². The van der Waals surface area contributed by atoms with Crippen molar-refractivity contribution < 1.29 is 18.3 Å². The zero-order valence-electron chi connectivity index (χ0n) is 11.9. The molecule has 1 amide bonds. The van der Waals surface area contributed by atoms with Crippen LogP contribution in [0.3, 0.4) is 0 Å². The highest BCUT2D eigenvalue weighted by Gasteiger charge is 2.11. The summed E-state index contributed by atoms with van der Waals surface area (Å²) in [4.78, 5) is 12.3. The predicted octanol–water partition coefficient (Wildman–Crippen LogP) is 3.09. The Balaban J connectivity index is 1.66. The van der Waals surface area contributed by atoms with Crippen LogP contribution < -0.4 is 10.1 Å². The lowest BCUT2D eigenvalue weighted by atomic mass is 10.1. The summed E-state index contributed by atoms with van der Waals surface area (Å²) in [6.45, 7) is -2.58. The van der Waals surface area contributed by atoms with Gasteiger partial charge in [0.15, 0.2) is 0 Å². The molecule has 0 saturated carbocycles. The van der Waals surface area contributed by atoms with Crippen LogP contribution in [0.5, 0.6) is 5.75 Å². The number of para-hydroxylation sites is 1. The number of hydrogen-bond donors (Lipinski definition) is 2. The molecule has 0 spiro atoms. The third-order valence-corrected chi connectivity index (χ3v) is 3.32. The number of fused-ring (bicyclic) bond motifs is 1. The third-order valence-electron chi connectivity index (χ3n) is 3.32. The van der Waals surface area contributed by atoms with Gasteiger partial charge in [-0.25, -0.2) is 0 Å². The highest BCUT2D eigenvalue weighted by atomic mass is 19.3. The topological polar surface area (TPSA) is 67.0 Å². The molecule has 1 heterocycles. The van der Waals surface area contributed by atoms with Crippen molar-refractivity contribution >= 4 is 16.8 Å². The van der Waals surface area contributed by atoms with Gasteiger partial charge in [0.1, 0.15) is 5.75 Å². The summed E-state index contributed by atoms with van der Waals surface area (Å²) in [5, 5.41) is 10.3. The first-order chi connectivity index (χ1) is 11.1. The minimum absolute atomic E-state index is 0.0808. The number of hydrogen-bond acceptors (Lipinski definition) is 3. The van der Waals surface area contributed by atoms with Crippen molar-refractivity contribution in [2.24, 2.45) is 0 Å². The van der Waals surface area contributed by atoms with Gasteiger partial charge >= 0.3 is 6.61 Å². The van der Waals surface area contributed by atoms with Crippen molar-refractivity contribution in [3.63, 3.8) is 0 Å². The minimum Gasteiger partial charge on any atom is -0.435 e. The fraction of sp³-hybridized carbons (Fsp3) is 0.125. The SMILES string of the molecule is O=C(NCc1ccc(OC(F)F)cc1)c1cccc2cn[nH]c12. The molecule has 0 aliphatic carbocycles. The van der Waals surface area contributed by atoms with Gasteiger partial charge in [-0.05, 0) is 23.8 Å². The molecule has 0 aliphatic heterocycles. The second-order valence-electron chi connectivity index (χ2n) is 4.84. The van der Waals surface area contributed by atoms with Gasteiger partial charge < -0.3 is 10.1 Å². The molecular formula is C16H13F2N3O2. The number of rotatable bonds is 5. The molecule has 0 unspecified atom stereocenters. The smallest absolute Gasteiger partial charge is 0.387 e. The summed E-state index contributed by atoms with van der Waals surface area (Å²) in [5.74, 6) is -0.162. The lowest BCUT2D eigenvalue weighted by molar-refractivity contribution is -0.0498. The highest BCUT2D eigenvalue weighted by molar-refractivity contribution is 6.05. The van der Waals surface area contributed by atoms with Gasteiger partial charge in [0, 0.05) is 11.9 Å². The summed E-state index contributed by atoms with van der Waals surface area (Å²) in [6.07, 6.45) is 1.65. The van der Waals surface area contributed by atoms with Crippen LogP contribution in [-0.2, 0) is 6.54 Å². The molecule has 1 aromatic heterocycles. The summed E-state index contributed by atoms with van der Waals surface area (Å²) >= 11 is 0. The van der Waals surface area contributed by atoms with E-state index in [1.54, 1.807) is 30.5 Å². The summed E-state index contributed by atoms with van der Waals surface area (Å²) in [6, 6.07) is 11.5. The van der Waals surface area contributed by atoms with Crippen molar-refractivity contribution in [1.82, 2.24) is 15.5 Å². The number of nitrogens with one attached hydrogen (secondary N) is 2. The first-order valence-corrected chi connectivity index (χ1v) is 6.87. The number of ether oxygens (including phenoxy) is 1. The van der Waals surface area contributed by atoms with E-state index < -0.39 is 6.61 Å². The monoisotopic (exact) mass is 317 g/mol. The second kappa shape index (κ2) is 6.43. The van der Waals surface area contributed by atoms with E-state index >= 15 is 0 Å². The number of aromatic amines is 1. The number of carbonyl (C=O) groups is 1. The van der Waals surface area contributed by atoms with Crippen LogP contribution in [0.2, 0.25) is 0 Å². The molecule has 2 aromatic carbocycles. The van der Waals surface area contributed by atoms with E-state index in [1.807, 2.05) is 6.07 Å². The fourth-order valence-corrected chi connectivity index (χ4v) is 2.22. The normalized spacial score (nSPS) is 10.9. The quantitative estimate of drug-likeness (QED) is 0.760. The van der Waals surface area contributed by atoms with Gasteiger partial charge in [0.2, 0.25) is 0 Å². The van der Waals surface area contributed by atoms with E-state index in [1.165, 1.54) is 12.1 Å². The maximum Gasteiger partial charge on any atom is 0.387 e. The Kier molecular flexibility index (Phi) is 4.18. The summed E-state index contributed by atoms with van der Waals surface area (Å²) in [7, 11) is 0. The lowest BCUT2D eigenvalue weighted by Gasteiger charge is -2.08. The number of aromatic nitrogens is 2. The molecule has 118 valence electrons. The Morgan fingerprint density at radius 1 is 1.22 bits per heavy atom. The maximum atomic E-state index is 12.3. The standard InChI is InChI=1S/C16H13F2N3O2/c17-16(18)23-12-6-4-10(5-7-12)8-19-15(22)13-3-1-2-11-9-20-21-14(11)13/h1-7,9,16H,8H2,(H,19,22)(H,20,21). The Morgan fingerprint density at radius 3 is 2.74 bits per heavy atom. The van der Waals surface area contributed by atoms with Crippen LogP contribution in [-0.4, -0.2) is 22.7 Å². The highest BCUT2D eigenvalue weighted by Crippen LogP contribution is 2.17. The Morgan fingerprint density at radius 2 is 2.00 bits per heavy atom. The van der Waals surface area contributed by atoms with Crippen molar-refractivity contribution in [2.45, 2.75) is 13.2 Å². The average Bonchev–Trinajstić information content (AvgIpc) is 3.02. The number of H-pyrrole nitrogens is 1. The number of benzene rings is 2. The van der Waals surface area contributed by atoms with E-state index in [2.05, 4.69) is 20.3 Å². The maximum absolute atomic E-state index is 12.3. The molecule has 0 aliphatic rings. The van der Waals surface area contributed by atoms with Crippen molar-refractivity contribution in [3.05, 3.63) is 59.8 Å². The molecule has 23 heavy (non-hydrogen) atoms. The van der Waals surface area contributed by atoms with E-state index in [-0.39, 0.29) is 18.2 Å². The van der Waals surface area contributed by atoms with Gasteiger partial charge in [-0.1, -0.05) is 24.3 Å².